The predicted molar refractivity (Wildman–Crippen MR) is 71.1 cm³/mol. The van der Waals surface area contributed by atoms with E-state index in [1.54, 1.807) is 19.1 Å². The van der Waals surface area contributed by atoms with Gasteiger partial charge in [0.15, 0.2) is 6.10 Å². The molecule has 0 aliphatic rings. The van der Waals surface area contributed by atoms with Crippen LogP contribution in [0.25, 0.3) is 0 Å². The molecule has 0 aliphatic carbocycles. The number of aliphatic carboxylic acids is 1. The number of rotatable bonds is 6. The highest BCUT2D eigenvalue weighted by molar-refractivity contribution is 5.81. The molecule has 19 heavy (non-hydrogen) atoms. The first-order valence-electron chi connectivity index (χ1n) is 6.14. The van der Waals surface area contributed by atoms with E-state index in [2.05, 4.69) is 5.32 Å². The molecule has 2 N–H and O–H groups in total. The lowest BCUT2D eigenvalue weighted by atomic mass is 10.2. The van der Waals surface area contributed by atoms with E-state index < -0.39 is 18.0 Å². The number of benzene rings is 1. The molecule has 1 aromatic rings. The molecule has 5 heteroatoms. The first-order valence-corrected chi connectivity index (χ1v) is 6.14. The second-order valence-corrected chi connectivity index (χ2v) is 4.56. The quantitative estimate of drug-likeness (QED) is 0.819. The Bertz CT molecular complexity index is 441. The number of hydrogen-bond acceptors (Lipinski definition) is 3. The molecule has 0 saturated carbocycles. The number of nitrogens with one attached hydrogen (secondary N) is 1. The van der Waals surface area contributed by atoms with E-state index in [1.165, 1.54) is 6.92 Å². The number of amides is 1. The lowest BCUT2D eigenvalue weighted by molar-refractivity contribution is -0.141. The molecule has 1 aromatic carbocycles. The SMILES string of the molecule is Cc1ccc(OC(C)C(=O)NCC(C)C(=O)O)cc1. The van der Waals surface area contributed by atoms with Crippen molar-refractivity contribution in [2.75, 3.05) is 6.54 Å². The molecule has 0 spiro atoms. The normalized spacial score (nSPS) is 13.4. The van der Waals surface area contributed by atoms with Crippen LogP contribution in [0.5, 0.6) is 5.75 Å². The molecule has 0 saturated heterocycles. The predicted octanol–water partition coefficient (Wildman–Crippen LogP) is 1.60. The summed E-state index contributed by atoms with van der Waals surface area (Å²) >= 11 is 0. The summed E-state index contributed by atoms with van der Waals surface area (Å²) in [6.45, 7) is 5.22. The Balaban J connectivity index is 2.44. The van der Waals surface area contributed by atoms with Crippen LogP contribution in [0.4, 0.5) is 0 Å². The van der Waals surface area contributed by atoms with Crippen LogP contribution >= 0.6 is 0 Å². The highest BCUT2D eigenvalue weighted by Gasteiger charge is 2.17. The monoisotopic (exact) mass is 265 g/mol. The first-order chi connectivity index (χ1) is 8.90. The van der Waals surface area contributed by atoms with Gasteiger partial charge in [-0.05, 0) is 26.0 Å². The Morgan fingerprint density at radius 2 is 1.84 bits per heavy atom. The van der Waals surface area contributed by atoms with Gasteiger partial charge in [-0.3, -0.25) is 9.59 Å². The number of carboxylic acid groups (broad SMARTS) is 1. The maximum Gasteiger partial charge on any atom is 0.308 e. The van der Waals surface area contributed by atoms with Crippen LogP contribution in [0.3, 0.4) is 0 Å². The Hall–Kier alpha value is -2.04. The topological polar surface area (TPSA) is 75.6 Å². The Kier molecular flexibility index (Phi) is 5.36. The third-order valence-electron chi connectivity index (χ3n) is 2.71. The zero-order valence-corrected chi connectivity index (χ0v) is 11.3. The highest BCUT2D eigenvalue weighted by Crippen LogP contribution is 2.13. The van der Waals surface area contributed by atoms with Gasteiger partial charge in [0.2, 0.25) is 0 Å². The van der Waals surface area contributed by atoms with Gasteiger partial charge in [-0.15, -0.1) is 0 Å². The van der Waals surface area contributed by atoms with Gasteiger partial charge in [0.05, 0.1) is 5.92 Å². The van der Waals surface area contributed by atoms with E-state index >= 15 is 0 Å². The van der Waals surface area contributed by atoms with E-state index in [-0.39, 0.29) is 12.5 Å². The van der Waals surface area contributed by atoms with E-state index in [4.69, 9.17) is 9.84 Å². The fourth-order valence-corrected chi connectivity index (χ4v) is 1.36. The van der Waals surface area contributed by atoms with Crippen molar-refractivity contribution in [1.82, 2.24) is 5.32 Å². The summed E-state index contributed by atoms with van der Waals surface area (Å²) in [5, 5.41) is 11.3. The molecule has 0 fully saturated rings. The molecular formula is C14H19NO4. The standard InChI is InChI=1S/C14H19NO4/c1-9-4-6-12(7-5-9)19-11(3)13(16)15-8-10(2)14(17)18/h4-7,10-11H,8H2,1-3H3,(H,15,16)(H,17,18). The highest BCUT2D eigenvalue weighted by atomic mass is 16.5. The van der Waals surface area contributed by atoms with Crippen LogP contribution in [0.1, 0.15) is 19.4 Å². The minimum absolute atomic E-state index is 0.0930. The molecule has 2 atom stereocenters. The minimum atomic E-state index is -0.938. The largest absolute Gasteiger partial charge is 0.481 e. The second kappa shape index (κ2) is 6.78. The number of carbonyl (C=O) groups is 2. The van der Waals surface area contributed by atoms with E-state index in [9.17, 15) is 9.59 Å². The molecule has 1 amide bonds. The zero-order chi connectivity index (χ0) is 14.4. The average Bonchev–Trinajstić information content (AvgIpc) is 2.37. The number of aryl methyl sites for hydroxylation is 1. The molecule has 1 rings (SSSR count). The first kappa shape index (κ1) is 15.0. The molecule has 0 radical (unpaired) electrons. The van der Waals surface area contributed by atoms with E-state index in [0.717, 1.165) is 5.56 Å². The van der Waals surface area contributed by atoms with Gasteiger partial charge < -0.3 is 15.2 Å². The van der Waals surface area contributed by atoms with Crippen molar-refractivity contribution in [1.29, 1.82) is 0 Å². The number of ether oxygens (including phenoxy) is 1. The maximum absolute atomic E-state index is 11.7. The third kappa shape index (κ3) is 4.99. The van der Waals surface area contributed by atoms with Gasteiger partial charge in [0.1, 0.15) is 5.75 Å². The average molecular weight is 265 g/mol. The van der Waals surface area contributed by atoms with Crippen molar-refractivity contribution in [3.63, 3.8) is 0 Å². The number of carboxylic acids is 1. The summed E-state index contributed by atoms with van der Waals surface area (Å²) in [5.41, 5.74) is 1.11. The van der Waals surface area contributed by atoms with Crippen LogP contribution in [0.15, 0.2) is 24.3 Å². The smallest absolute Gasteiger partial charge is 0.308 e. The maximum atomic E-state index is 11.7. The molecule has 5 nitrogen and oxygen atoms in total. The molecule has 2 unspecified atom stereocenters. The Morgan fingerprint density at radius 3 is 2.37 bits per heavy atom. The summed E-state index contributed by atoms with van der Waals surface area (Å²) in [6, 6.07) is 7.37. The summed E-state index contributed by atoms with van der Waals surface area (Å²) in [7, 11) is 0. The minimum Gasteiger partial charge on any atom is -0.481 e. The third-order valence-corrected chi connectivity index (χ3v) is 2.71. The summed E-state index contributed by atoms with van der Waals surface area (Å²) in [5.74, 6) is -1.27. The van der Waals surface area contributed by atoms with Crippen LogP contribution in [0, 0.1) is 12.8 Å². The van der Waals surface area contributed by atoms with Crippen molar-refractivity contribution in [2.45, 2.75) is 26.9 Å². The Labute approximate surface area is 112 Å². The lowest BCUT2D eigenvalue weighted by Crippen LogP contribution is -2.39. The van der Waals surface area contributed by atoms with Crippen molar-refractivity contribution in [3.8, 4) is 5.75 Å². The van der Waals surface area contributed by atoms with Crippen molar-refractivity contribution >= 4 is 11.9 Å². The lowest BCUT2D eigenvalue weighted by Gasteiger charge is -2.15. The molecule has 0 bridgehead atoms. The molecule has 0 aromatic heterocycles. The van der Waals surface area contributed by atoms with Crippen molar-refractivity contribution < 1.29 is 19.4 Å². The summed E-state index contributed by atoms with van der Waals surface area (Å²) < 4.78 is 5.46. The van der Waals surface area contributed by atoms with Gasteiger partial charge in [-0.1, -0.05) is 24.6 Å². The Morgan fingerprint density at radius 1 is 1.26 bits per heavy atom. The number of carbonyl (C=O) groups excluding carboxylic acids is 1. The second-order valence-electron chi connectivity index (χ2n) is 4.56. The van der Waals surface area contributed by atoms with Crippen LogP contribution in [-0.4, -0.2) is 29.6 Å². The fraction of sp³-hybridized carbons (Fsp3) is 0.429. The summed E-state index contributed by atoms with van der Waals surface area (Å²) in [6.07, 6.45) is -0.663. The van der Waals surface area contributed by atoms with Crippen LogP contribution in [0.2, 0.25) is 0 Å². The van der Waals surface area contributed by atoms with E-state index in [1.807, 2.05) is 19.1 Å². The number of hydrogen-bond donors (Lipinski definition) is 2. The van der Waals surface area contributed by atoms with E-state index in [0.29, 0.717) is 5.75 Å². The molecule has 104 valence electrons. The fourth-order valence-electron chi connectivity index (χ4n) is 1.36. The summed E-state index contributed by atoms with van der Waals surface area (Å²) in [4.78, 5) is 22.3. The molecular weight excluding hydrogens is 246 g/mol. The van der Waals surface area contributed by atoms with Gasteiger partial charge >= 0.3 is 5.97 Å². The van der Waals surface area contributed by atoms with Gasteiger partial charge in [0.25, 0.3) is 5.91 Å². The van der Waals surface area contributed by atoms with Crippen LogP contribution < -0.4 is 10.1 Å². The van der Waals surface area contributed by atoms with Crippen molar-refractivity contribution in [3.05, 3.63) is 29.8 Å². The van der Waals surface area contributed by atoms with Gasteiger partial charge in [0, 0.05) is 6.54 Å². The van der Waals surface area contributed by atoms with Gasteiger partial charge in [-0.2, -0.15) is 0 Å². The molecule has 0 heterocycles. The van der Waals surface area contributed by atoms with Crippen LogP contribution in [-0.2, 0) is 9.59 Å². The van der Waals surface area contributed by atoms with Crippen molar-refractivity contribution in [2.24, 2.45) is 5.92 Å². The molecule has 0 aliphatic heterocycles. The zero-order valence-electron chi connectivity index (χ0n) is 11.3. The van der Waals surface area contributed by atoms with Gasteiger partial charge in [-0.25, -0.2) is 0 Å².